The lowest BCUT2D eigenvalue weighted by Crippen LogP contribution is -2.45. The number of nitrogens with two attached hydrogens (primary N) is 1. The smallest absolute Gasteiger partial charge is 0.123 e. The topological polar surface area (TPSA) is 44.5 Å². The predicted octanol–water partition coefficient (Wildman–Crippen LogP) is 1.74. The Kier molecular flexibility index (Phi) is 3.04. The second kappa shape index (κ2) is 4.67. The van der Waals surface area contributed by atoms with Crippen LogP contribution < -0.4 is 10.5 Å². The number of ether oxygens (including phenoxy) is 2. The van der Waals surface area contributed by atoms with Gasteiger partial charge in [-0.25, -0.2) is 0 Å². The molecular weight excluding hydrogens is 214 g/mol. The van der Waals surface area contributed by atoms with E-state index in [9.17, 15) is 0 Å². The summed E-state index contributed by atoms with van der Waals surface area (Å²) in [6.07, 6.45) is 3.24. The summed E-state index contributed by atoms with van der Waals surface area (Å²) < 4.78 is 11.3. The zero-order valence-electron chi connectivity index (χ0n) is 9.97. The first-order chi connectivity index (χ1) is 8.34. The van der Waals surface area contributed by atoms with Gasteiger partial charge in [-0.1, -0.05) is 18.2 Å². The molecule has 2 heterocycles. The van der Waals surface area contributed by atoms with Gasteiger partial charge in [-0.15, -0.1) is 0 Å². The Morgan fingerprint density at radius 1 is 1.18 bits per heavy atom. The summed E-state index contributed by atoms with van der Waals surface area (Å²) in [5.41, 5.74) is 7.64. The van der Waals surface area contributed by atoms with Gasteiger partial charge in [0.05, 0.1) is 0 Å². The highest BCUT2D eigenvalue weighted by Crippen LogP contribution is 2.32. The molecule has 2 N–H and O–H groups in total. The van der Waals surface area contributed by atoms with E-state index in [2.05, 4.69) is 12.1 Å². The van der Waals surface area contributed by atoms with Gasteiger partial charge in [0, 0.05) is 25.7 Å². The van der Waals surface area contributed by atoms with Crippen molar-refractivity contribution in [1.29, 1.82) is 0 Å². The lowest BCUT2D eigenvalue weighted by Gasteiger charge is -2.30. The Morgan fingerprint density at radius 2 is 1.94 bits per heavy atom. The lowest BCUT2D eigenvalue weighted by molar-refractivity contribution is 0.0410. The van der Waals surface area contributed by atoms with Crippen LogP contribution >= 0.6 is 0 Å². The first kappa shape index (κ1) is 11.1. The van der Waals surface area contributed by atoms with Crippen molar-refractivity contribution in [3.63, 3.8) is 0 Å². The Labute approximate surface area is 102 Å². The second-order valence-electron chi connectivity index (χ2n) is 5.00. The van der Waals surface area contributed by atoms with E-state index in [0.717, 1.165) is 38.2 Å². The van der Waals surface area contributed by atoms with Crippen molar-refractivity contribution in [3.8, 4) is 5.75 Å². The number of benzene rings is 1. The highest BCUT2D eigenvalue weighted by molar-refractivity contribution is 5.37. The van der Waals surface area contributed by atoms with Crippen molar-refractivity contribution in [2.75, 3.05) is 13.2 Å². The Hall–Kier alpha value is -1.06. The normalized spacial score (nSPS) is 26.3. The van der Waals surface area contributed by atoms with Crippen molar-refractivity contribution in [3.05, 3.63) is 29.8 Å². The zero-order chi connectivity index (χ0) is 11.7. The molecule has 17 heavy (non-hydrogen) atoms. The van der Waals surface area contributed by atoms with Crippen LogP contribution in [0.2, 0.25) is 0 Å². The minimum absolute atomic E-state index is 0.131. The van der Waals surface area contributed by atoms with E-state index in [4.69, 9.17) is 15.2 Å². The summed E-state index contributed by atoms with van der Waals surface area (Å²) in [6, 6.07) is 8.37. The minimum atomic E-state index is 0.131. The highest BCUT2D eigenvalue weighted by Gasteiger charge is 2.33. The summed E-state index contributed by atoms with van der Waals surface area (Å²) in [4.78, 5) is 0. The molecule has 1 aromatic rings. The van der Waals surface area contributed by atoms with E-state index < -0.39 is 0 Å². The van der Waals surface area contributed by atoms with Crippen LogP contribution in [0.3, 0.4) is 0 Å². The summed E-state index contributed by atoms with van der Waals surface area (Å²) in [6.45, 7) is 1.69. The largest absolute Gasteiger partial charge is 0.488 e. The van der Waals surface area contributed by atoms with Crippen LogP contribution in [-0.2, 0) is 11.2 Å². The molecule has 0 amide bonds. The van der Waals surface area contributed by atoms with Crippen LogP contribution in [0.5, 0.6) is 5.75 Å². The van der Waals surface area contributed by atoms with Gasteiger partial charge in [-0.05, 0) is 30.4 Å². The molecule has 2 atom stereocenters. The molecule has 3 nitrogen and oxygen atoms in total. The van der Waals surface area contributed by atoms with E-state index in [1.165, 1.54) is 5.56 Å². The van der Waals surface area contributed by atoms with Crippen LogP contribution in [0.4, 0.5) is 0 Å². The maximum atomic E-state index is 6.35. The maximum Gasteiger partial charge on any atom is 0.123 e. The predicted molar refractivity (Wildman–Crippen MR) is 66.1 cm³/mol. The first-order valence-corrected chi connectivity index (χ1v) is 6.42. The SMILES string of the molecule is NC(C1CCOCC1)C1Cc2ccccc2O1. The maximum absolute atomic E-state index is 6.35. The molecule has 0 spiro atoms. The van der Waals surface area contributed by atoms with E-state index in [-0.39, 0.29) is 12.1 Å². The minimum Gasteiger partial charge on any atom is -0.488 e. The fraction of sp³-hybridized carbons (Fsp3) is 0.571. The van der Waals surface area contributed by atoms with Crippen LogP contribution in [0, 0.1) is 5.92 Å². The fourth-order valence-corrected chi connectivity index (χ4v) is 2.83. The Morgan fingerprint density at radius 3 is 2.71 bits per heavy atom. The van der Waals surface area contributed by atoms with Crippen LogP contribution in [-0.4, -0.2) is 25.4 Å². The molecule has 1 aromatic carbocycles. The number of rotatable bonds is 2. The molecule has 3 rings (SSSR count). The second-order valence-corrected chi connectivity index (χ2v) is 5.00. The zero-order valence-corrected chi connectivity index (χ0v) is 9.97. The molecule has 0 bridgehead atoms. The number of hydrogen-bond acceptors (Lipinski definition) is 3. The van der Waals surface area contributed by atoms with E-state index >= 15 is 0 Å². The number of hydrogen-bond donors (Lipinski definition) is 1. The summed E-state index contributed by atoms with van der Waals surface area (Å²) in [7, 11) is 0. The highest BCUT2D eigenvalue weighted by atomic mass is 16.5. The molecule has 1 saturated heterocycles. The molecule has 0 radical (unpaired) electrons. The van der Waals surface area contributed by atoms with Gasteiger partial charge in [0.2, 0.25) is 0 Å². The van der Waals surface area contributed by atoms with Crippen molar-refractivity contribution < 1.29 is 9.47 Å². The molecule has 2 aliphatic rings. The molecule has 2 unspecified atom stereocenters. The van der Waals surface area contributed by atoms with Gasteiger partial charge in [-0.3, -0.25) is 0 Å². The van der Waals surface area contributed by atoms with Crippen LogP contribution in [0.15, 0.2) is 24.3 Å². The molecule has 0 aromatic heterocycles. The molecule has 3 heteroatoms. The molecule has 1 fully saturated rings. The Bertz CT molecular complexity index is 363. The monoisotopic (exact) mass is 233 g/mol. The third kappa shape index (κ3) is 2.17. The lowest BCUT2D eigenvalue weighted by atomic mass is 9.87. The fourth-order valence-electron chi connectivity index (χ4n) is 2.83. The first-order valence-electron chi connectivity index (χ1n) is 6.42. The van der Waals surface area contributed by atoms with E-state index in [1.54, 1.807) is 0 Å². The Balaban J connectivity index is 1.67. The van der Waals surface area contributed by atoms with Gasteiger partial charge in [0.25, 0.3) is 0 Å². The summed E-state index contributed by atoms with van der Waals surface area (Å²) >= 11 is 0. The summed E-state index contributed by atoms with van der Waals surface area (Å²) in [5.74, 6) is 1.56. The standard InChI is InChI=1S/C14H19NO2/c15-14(10-5-7-16-8-6-10)13-9-11-3-1-2-4-12(11)17-13/h1-4,10,13-14H,5-9,15H2. The van der Waals surface area contributed by atoms with E-state index in [0.29, 0.717) is 5.92 Å². The van der Waals surface area contributed by atoms with Crippen molar-refractivity contribution in [1.82, 2.24) is 0 Å². The van der Waals surface area contributed by atoms with Crippen molar-refractivity contribution >= 4 is 0 Å². The van der Waals surface area contributed by atoms with Gasteiger partial charge < -0.3 is 15.2 Å². The number of para-hydroxylation sites is 1. The van der Waals surface area contributed by atoms with Crippen molar-refractivity contribution in [2.45, 2.75) is 31.4 Å². The molecular formula is C14H19NO2. The average Bonchev–Trinajstić information content (AvgIpc) is 2.82. The third-order valence-electron chi connectivity index (χ3n) is 3.91. The molecule has 0 aliphatic carbocycles. The van der Waals surface area contributed by atoms with Crippen LogP contribution in [0.1, 0.15) is 18.4 Å². The summed E-state index contributed by atoms with van der Waals surface area (Å²) in [5, 5.41) is 0. The molecule has 2 aliphatic heterocycles. The third-order valence-corrected chi connectivity index (χ3v) is 3.91. The molecule has 0 saturated carbocycles. The van der Waals surface area contributed by atoms with Gasteiger partial charge >= 0.3 is 0 Å². The quantitative estimate of drug-likeness (QED) is 0.846. The van der Waals surface area contributed by atoms with Gasteiger partial charge in [0.1, 0.15) is 11.9 Å². The molecule has 92 valence electrons. The van der Waals surface area contributed by atoms with E-state index in [1.807, 2.05) is 12.1 Å². The van der Waals surface area contributed by atoms with Crippen molar-refractivity contribution in [2.24, 2.45) is 11.7 Å². The van der Waals surface area contributed by atoms with Gasteiger partial charge in [-0.2, -0.15) is 0 Å². The van der Waals surface area contributed by atoms with Crippen LogP contribution in [0.25, 0.3) is 0 Å². The average molecular weight is 233 g/mol. The number of fused-ring (bicyclic) bond motifs is 1. The van der Waals surface area contributed by atoms with Gasteiger partial charge in [0.15, 0.2) is 0 Å².